The minimum absolute atomic E-state index is 0.201. The first-order valence-corrected chi connectivity index (χ1v) is 10.2. The zero-order valence-electron chi connectivity index (χ0n) is 16.2. The molecule has 1 amide bonds. The van der Waals surface area contributed by atoms with Gasteiger partial charge in [-0.15, -0.1) is 0 Å². The maximum atomic E-state index is 12.8. The minimum atomic E-state index is 0.201. The van der Waals surface area contributed by atoms with Gasteiger partial charge in [-0.1, -0.05) is 45.7 Å². The number of hydrogen-bond donors (Lipinski definition) is 0. The van der Waals surface area contributed by atoms with Gasteiger partial charge in [-0.2, -0.15) is 0 Å². The third-order valence-corrected chi connectivity index (χ3v) is 6.15. The van der Waals surface area contributed by atoms with Gasteiger partial charge in [-0.05, 0) is 48.3 Å². The van der Waals surface area contributed by atoms with Crippen LogP contribution in [-0.4, -0.2) is 48.4 Å². The Hall–Kier alpha value is -1.35. The van der Waals surface area contributed by atoms with E-state index in [-0.39, 0.29) is 5.91 Å². The molecule has 3 nitrogen and oxygen atoms in total. The SMILES string of the molecule is CCCC(C)[C@@H](C)c1ccc(C(=O)N2CCN(CC3CC3)CC2)cc1. The van der Waals surface area contributed by atoms with Crippen LogP contribution in [-0.2, 0) is 0 Å². The zero-order chi connectivity index (χ0) is 17.8. The highest BCUT2D eigenvalue weighted by molar-refractivity contribution is 5.94. The van der Waals surface area contributed by atoms with Crippen molar-refractivity contribution in [2.24, 2.45) is 11.8 Å². The van der Waals surface area contributed by atoms with E-state index in [0.29, 0.717) is 11.8 Å². The molecule has 2 atom stereocenters. The van der Waals surface area contributed by atoms with E-state index in [0.717, 1.165) is 37.7 Å². The molecule has 0 N–H and O–H groups in total. The molecule has 138 valence electrons. The quantitative estimate of drug-likeness (QED) is 0.733. The lowest BCUT2D eigenvalue weighted by molar-refractivity contribution is 0.0632. The van der Waals surface area contributed by atoms with Crippen molar-refractivity contribution in [2.75, 3.05) is 32.7 Å². The predicted octanol–water partition coefficient (Wildman–Crippen LogP) is 4.39. The summed E-state index contributed by atoms with van der Waals surface area (Å²) in [4.78, 5) is 17.3. The third kappa shape index (κ3) is 4.84. The van der Waals surface area contributed by atoms with Crippen molar-refractivity contribution in [3.8, 4) is 0 Å². The molecule has 25 heavy (non-hydrogen) atoms. The van der Waals surface area contributed by atoms with Crippen LogP contribution >= 0.6 is 0 Å². The van der Waals surface area contributed by atoms with Gasteiger partial charge in [0.25, 0.3) is 5.91 Å². The highest BCUT2D eigenvalue weighted by Gasteiger charge is 2.28. The second-order valence-electron chi connectivity index (χ2n) is 8.21. The lowest BCUT2D eigenvalue weighted by atomic mass is 9.86. The van der Waals surface area contributed by atoms with E-state index < -0.39 is 0 Å². The van der Waals surface area contributed by atoms with Gasteiger partial charge >= 0.3 is 0 Å². The molecule has 2 fully saturated rings. The molecular weight excluding hydrogens is 308 g/mol. The van der Waals surface area contributed by atoms with Crippen molar-refractivity contribution in [1.29, 1.82) is 0 Å². The summed E-state index contributed by atoms with van der Waals surface area (Å²) in [7, 11) is 0. The molecule has 1 saturated heterocycles. The van der Waals surface area contributed by atoms with Gasteiger partial charge < -0.3 is 4.90 Å². The summed E-state index contributed by atoms with van der Waals surface area (Å²) in [5.41, 5.74) is 2.20. The smallest absolute Gasteiger partial charge is 0.253 e. The molecule has 3 heteroatoms. The lowest BCUT2D eigenvalue weighted by Gasteiger charge is -2.34. The Morgan fingerprint density at radius 3 is 2.28 bits per heavy atom. The summed E-state index contributed by atoms with van der Waals surface area (Å²) in [5.74, 6) is 2.37. The average molecular weight is 343 g/mol. The molecule has 1 unspecified atom stereocenters. The number of rotatable bonds is 7. The number of amides is 1. The first kappa shape index (κ1) is 18.4. The van der Waals surface area contributed by atoms with E-state index in [4.69, 9.17) is 0 Å². The van der Waals surface area contributed by atoms with Gasteiger partial charge in [0.15, 0.2) is 0 Å². The van der Waals surface area contributed by atoms with Crippen LogP contribution in [0.4, 0.5) is 0 Å². The van der Waals surface area contributed by atoms with Crippen molar-refractivity contribution in [3.63, 3.8) is 0 Å². The van der Waals surface area contributed by atoms with Crippen molar-refractivity contribution >= 4 is 5.91 Å². The molecule has 1 aromatic rings. The van der Waals surface area contributed by atoms with E-state index in [9.17, 15) is 4.79 Å². The average Bonchev–Trinajstić information content (AvgIpc) is 3.45. The normalized spacial score (nSPS) is 21.2. The molecule has 0 spiro atoms. The van der Waals surface area contributed by atoms with E-state index in [1.807, 2.05) is 17.0 Å². The van der Waals surface area contributed by atoms with E-state index in [2.05, 4.69) is 37.8 Å². The topological polar surface area (TPSA) is 23.6 Å². The third-order valence-electron chi connectivity index (χ3n) is 6.15. The van der Waals surface area contributed by atoms with Crippen LogP contribution in [0.2, 0.25) is 0 Å². The molecule has 1 saturated carbocycles. The summed E-state index contributed by atoms with van der Waals surface area (Å²) in [6, 6.07) is 8.38. The molecule has 1 aliphatic heterocycles. The highest BCUT2D eigenvalue weighted by atomic mass is 16.2. The molecule has 1 aliphatic carbocycles. The number of piperazine rings is 1. The van der Waals surface area contributed by atoms with Crippen LogP contribution in [0, 0.1) is 11.8 Å². The number of carbonyl (C=O) groups is 1. The van der Waals surface area contributed by atoms with Gasteiger partial charge in [-0.25, -0.2) is 0 Å². The molecule has 0 aromatic heterocycles. The number of carbonyl (C=O) groups excluding carboxylic acids is 1. The Bertz CT molecular complexity index is 556. The first-order valence-electron chi connectivity index (χ1n) is 10.2. The lowest BCUT2D eigenvalue weighted by Crippen LogP contribution is -2.49. The van der Waals surface area contributed by atoms with E-state index in [1.165, 1.54) is 37.8 Å². The minimum Gasteiger partial charge on any atom is -0.336 e. The van der Waals surface area contributed by atoms with Crippen LogP contribution in [0.5, 0.6) is 0 Å². The Kier molecular flexibility index (Phi) is 6.16. The zero-order valence-corrected chi connectivity index (χ0v) is 16.2. The second kappa shape index (κ2) is 8.35. The van der Waals surface area contributed by atoms with Crippen molar-refractivity contribution in [2.45, 2.75) is 52.4 Å². The predicted molar refractivity (Wildman–Crippen MR) is 104 cm³/mol. The van der Waals surface area contributed by atoms with Crippen LogP contribution in [0.1, 0.15) is 68.3 Å². The summed E-state index contributed by atoms with van der Waals surface area (Å²) in [6.45, 7) is 11.9. The molecule has 1 heterocycles. The fraction of sp³-hybridized carbons (Fsp3) is 0.682. The highest BCUT2D eigenvalue weighted by Crippen LogP contribution is 2.30. The molecular formula is C22H34N2O. The Balaban J connectivity index is 1.53. The van der Waals surface area contributed by atoms with E-state index in [1.54, 1.807) is 0 Å². The van der Waals surface area contributed by atoms with Crippen molar-refractivity contribution in [1.82, 2.24) is 9.80 Å². The Morgan fingerprint density at radius 2 is 1.72 bits per heavy atom. The van der Waals surface area contributed by atoms with Crippen molar-refractivity contribution < 1.29 is 4.79 Å². The molecule has 0 radical (unpaired) electrons. The summed E-state index contributed by atoms with van der Waals surface area (Å²) in [5, 5.41) is 0. The number of benzene rings is 1. The number of hydrogen-bond acceptors (Lipinski definition) is 2. The summed E-state index contributed by atoms with van der Waals surface area (Å²) in [6.07, 6.45) is 5.30. The fourth-order valence-electron chi connectivity index (χ4n) is 3.94. The molecule has 0 bridgehead atoms. The molecule has 3 rings (SSSR count). The van der Waals surface area contributed by atoms with Gasteiger partial charge in [0, 0.05) is 38.3 Å². The van der Waals surface area contributed by atoms with Gasteiger partial charge in [0.1, 0.15) is 0 Å². The van der Waals surface area contributed by atoms with E-state index >= 15 is 0 Å². The van der Waals surface area contributed by atoms with Gasteiger partial charge in [0.05, 0.1) is 0 Å². The van der Waals surface area contributed by atoms with Gasteiger partial charge in [-0.3, -0.25) is 9.69 Å². The van der Waals surface area contributed by atoms with Crippen LogP contribution in [0.15, 0.2) is 24.3 Å². The Labute approximate surface area is 153 Å². The second-order valence-corrected chi connectivity index (χ2v) is 8.21. The molecule has 2 aliphatic rings. The summed E-state index contributed by atoms with van der Waals surface area (Å²) < 4.78 is 0. The summed E-state index contributed by atoms with van der Waals surface area (Å²) >= 11 is 0. The van der Waals surface area contributed by atoms with Crippen LogP contribution < -0.4 is 0 Å². The first-order chi connectivity index (χ1) is 12.1. The maximum Gasteiger partial charge on any atom is 0.253 e. The standard InChI is InChI=1S/C22H34N2O/c1-4-5-17(2)18(3)20-8-10-21(11-9-20)22(25)24-14-12-23(13-15-24)16-19-6-7-19/h8-11,17-19H,4-7,12-16H2,1-3H3/t17?,18-/m1/s1. The molecule has 1 aromatic carbocycles. The number of nitrogens with zero attached hydrogens (tertiary/aromatic N) is 2. The maximum absolute atomic E-state index is 12.8. The largest absolute Gasteiger partial charge is 0.336 e. The monoisotopic (exact) mass is 342 g/mol. The van der Waals surface area contributed by atoms with Gasteiger partial charge in [0.2, 0.25) is 0 Å². The van der Waals surface area contributed by atoms with Crippen LogP contribution in [0.25, 0.3) is 0 Å². The fourth-order valence-corrected chi connectivity index (χ4v) is 3.94. The van der Waals surface area contributed by atoms with Crippen LogP contribution in [0.3, 0.4) is 0 Å². The Morgan fingerprint density at radius 1 is 1.08 bits per heavy atom. The van der Waals surface area contributed by atoms with Crippen molar-refractivity contribution in [3.05, 3.63) is 35.4 Å².